The number of aromatic nitrogens is 4. The maximum absolute atomic E-state index is 11.1. The zero-order valence-corrected chi connectivity index (χ0v) is 19.1. The van der Waals surface area contributed by atoms with Gasteiger partial charge in [-0.05, 0) is 46.7 Å². The molecule has 5 heteroatoms. The summed E-state index contributed by atoms with van der Waals surface area (Å²) in [5, 5.41) is 17.1. The lowest BCUT2D eigenvalue weighted by Crippen LogP contribution is -2.17. The Balaban J connectivity index is 1.95. The van der Waals surface area contributed by atoms with Crippen LogP contribution in [0.1, 0.15) is 58.2 Å². The van der Waals surface area contributed by atoms with E-state index < -0.39 is 0 Å². The van der Waals surface area contributed by atoms with Crippen molar-refractivity contribution in [3.05, 3.63) is 71.7 Å². The van der Waals surface area contributed by atoms with Crippen LogP contribution in [0.15, 0.2) is 55.0 Å². The average molecular weight is 415 g/mol. The van der Waals surface area contributed by atoms with Gasteiger partial charge in [-0.3, -0.25) is 4.98 Å². The fourth-order valence-corrected chi connectivity index (χ4v) is 3.91. The fourth-order valence-electron chi connectivity index (χ4n) is 3.91. The van der Waals surface area contributed by atoms with E-state index in [-0.39, 0.29) is 10.8 Å². The second-order valence-corrected chi connectivity index (χ2v) is 10.2. The summed E-state index contributed by atoms with van der Waals surface area (Å²) in [6.45, 7) is 13.3. The summed E-state index contributed by atoms with van der Waals surface area (Å²) in [6.07, 6.45) is 5.42. The van der Waals surface area contributed by atoms with Gasteiger partial charge in [0.2, 0.25) is 0 Å². The molecule has 0 saturated carbocycles. The van der Waals surface area contributed by atoms with Crippen LogP contribution in [0, 0.1) is 0 Å². The largest absolute Gasteiger partial charge is 0.507 e. The van der Waals surface area contributed by atoms with E-state index in [0.29, 0.717) is 12.3 Å². The Morgan fingerprint density at radius 1 is 0.903 bits per heavy atom. The molecule has 0 radical (unpaired) electrons. The Labute approximate surface area is 183 Å². The number of rotatable bonds is 3. The molecule has 0 aliphatic carbocycles. The highest BCUT2D eigenvalue weighted by atomic mass is 16.3. The molecule has 0 atom stereocenters. The van der Waals surface area contributed by atoms with Crippen molar-refractivity contribution in [1.29, 1.82) is 0 Å². The maximum Gasteiger partial charge on any atom is 0.158 e. The van der Waals surface area contributed by atoms with Crippen molar-refractivity contribution in [3.8, 4) is 17.0 Å². The van der Waals surface area contributed by atoms with Gasteiger partial charge in [0, 0.05) is 40.7 Å². The van der Waals surface area contributed by atoms with E-state index in [4.69, 9.17) is 5.10 Å². The third-order valence-electron chi connectivity index (χ3n) is 5.56. The number of benzene rings is 1. The third-order valence-corrected chi connectivity index (χ3v) is 5.56. The molecule has 0 aliphatic heterocycles. The molecule has 0 unspecified atom stereocenters. The molecule has 0 amide bonds. The van der Waals surface area contributed by atoms with Gasteiger partial charge in [-0.2, -0.15) is 5.10 Å². The van der Waals surface area contributed by atoms with Gasteiger partial charge in [-0.15, -0.1) is 0 Å². The van der Waals surface area contributed by atoms with Crippen LogP contribution in [0.5, 0.6) is 5.75 Å². The van der Waals surface area contributed by atoms with Gasteiger partial charge in [0.1, 0.15) is 11.4 Å². The van der Waals surface area contributed by atoms with Gasteiger partial charge in [0.05, 0.1) is 6.54 Å². The number of pyridine rings is 2. The van der Waals surface area contributed by atoms with Crippen LogP contribution in [0.2, 0.25) is 0 Å². The molecule has 3 heterocycles. The molecule has 0 bridgehead atoms. The SMILES string of the molecule is CC(C)(C)c1cc(-c2nn(Cc3cccnc3)c3ncccc23)cc(C(C)(C)C)c1O. The lowest BCUT2D eigenvalue weighted by molar-refractivity contribution is 0.423. The Kier molecular flexibility index (Phi) is 5.08. The van der Waals surface area contributed by atoms with Crippen LogP contribution in [0.3, 0.4) is 0 Å². The summed E-state index contributed by atoms with van der Waals surface area (Å²) >= 11 is 0. The molecule has 31 heavy (non-hydrogen) atoms. The Morgan fingerprint density at radius 3 is 2.13 bits per heavy atom. The molecule has 4 rings (SSSR count). The van der Waals surface area contributed by atoms with Crippen LogP contribution in [0.25, 0.3) is 22.3 Å². The van der Waals surface area contributed by atoms with Crippen molar-refractivity contribution >= 4 is 11.0 Å². The number of hydrogen-bond acceptors (Lipinski definition) is 4. The first-order valence-electron chi connectivity index (χ1n) is 10.6. The average Bonchev–Trinajstić information content (AvgIpc) is 3.06. The quantitative estimate of drug-likeness (QED) is 0.457. The third kappa shape index (κ3) is 4.05. The predicted molar refractivity (Wildman–Crippen MR) is 125 cm³/mol. The standard InChI is InChI=1S/C26H30N4O/c1-25(2,3)20-13-18(14-21(23(20)31)26(4,5)6)22-19-10-8-12-28-24(19)30(29-22)16-17-9-7-11-27-15-17/h7-15,31H,16H2,1-6H3. The molecule has 0 aliphatic rings. The van der Waals surface area contributed by atoms with E-state index >= 15 is 0 Å². The van der Waals surface area contributed by atoms with E-state index in [2.05, 4.69) is 69.7 Å². The molecule has 1 N–H and O–H groups in total. The minimum absolute atomic E-state index is 0.202. The molecular weight excluding hydrogens is 384 g/mol. The van der Waals surface area contributed by atoms with E-state index in [0.717, 1.165) is 39.0 Å². The molecule has 4 aromatic rings. The monoisotopic (exact) mass is 414 g/mol. The summed E-state index contributed by atoms with van der Waals surface area (Å²) in [6, 6.07) is 12.1. The van der Waals surface area contributed by atoms with Crippen LogP contribution >= 0.6 is 0 Å². The zero-order chi connectivity index (χ0) is 22.4. The second kappa shape index (κ2) is 7.49. The normalized spacial score (nSPS) is 12.5. The molecular formula is C26H30N4O. The molecule has 0 saturated heterocycles. The van der Waals surface area contributed by atoms with Gasteiger partial charge in [0.15, 0.2) is 5.65 Å². The van der Waals surface area contributed by atoms with Crippen molar-refractivity contribution in [2.24, 2.45) is 0 Å². The van der Waals surface area contributed by atoms with Crippen LogP contribution in [0.4, 0.5) is 0 Å². The summed E-state index contributed by atoms with van der Waals surface area (Å²) in [5.74, 6) is 0.376. The number of phenols is 1. The van der Waals surface area contributed by atoms with Gasteiger partial charge in [-0.1, -0.05) is 47.6 Å². The number of nitrogens with zero attached hydrogens (tertiary/aromatic N) is 4. The van der Waals surface area contributed by atoms with Gasteiger partial charge in [0.25, 0.3) is 0 Å². The molecule has 0 fully saturated rings. The molecule has 5 nitrogen and oxygen atoms in total. The van der Waals surface area contributed by atoms with Crippen molar-refractivity contribution in [2.45, 2.75) is 58.9 Å². The number of phenolic OH excluding ortho intramolecular Hbond substituents is 1. The van der Waals surface area contributed by atoms with E-state index in [1.807, 2.05) is 29.1 Å². The molecule has 0 spiro atoms. The van der Waals surface area contributed by atoms with Crippen molar-refractivity contribution in [3.63, 3.8) is 0 Å². The van der Waals surface area contributed by atoms with E-state index in [9.17, 15) is 5.11 Å². The predicted octanol–water partition coefficient (Wildman–Crippen LogP) is 5.84. The summed E-state index contributed by atoms with van der Waals surface area (Å²) in [4.78, 5) is 8.84. The lowest BCUT2D eigenvalue weighted by atomic mass is 9.78. The molecule has 3 aromatic heterocycles. The first kappa shape index (κ1) is 21.0. The van der Waals surface area contributed by atoms with E-state index in [1.165, 1.54) is 0 Å². The fraction of sp³-hybridized carbons (Fsp3) is 0.346. The number of aromatic hydroxyl groups is 1. The highest BCUT2D eigenvalue weighted by Gasteiger charge is 2.28. The van der Waals surface area contributed by atoms with Gasteiger partial charge >= 0.3 is 0 Å². The topological polar surface area (TPSA) is 63.8 Å². The van der Waals surface area contributed by atoms with Crippen molar-refractivity contribution in [2.75, 3.05) is 0 Å². The zero-order valence-electron chi connectivity index (χ0n) is 19.1. The van der Waals surface area contributed by atoms with Crippen LogP contribution < -0.4 is 0 Å². The van der Waals surface area contributed by atoms with Crippen molar-refractivity contribution in [1.82, 2.24) is 19.7 Å². The van der Waals surface area contributed by atoms with Gasteiger partial charge < -0.3 is 5.11 Å². The summed E-state index contributed by atoms with van der Waals surface area (Å²) in [5.41, 5.74) is 5.23. The second-order valence-electron chi connectivity index (χ2n) is 10.2. The first-order chi connectivity index (χ1) is 14.6. The smallest absolute Gasteiger partial charge is 0.158 e. The number of hydrogen-bond donors (Lipinski definition) is 1. The summed E-state index contributed by atoms with van der Waals surface area (Å²) < 4.78 is 1.93. The Morgan fingerprint density at radius 2 is 1.55 bits per heavy atom. The van der Waals surface area contributed by atoms with Crippen molar-refractivity contribution < 1.29 is 5.11 Å². The Bertz CT molecular complexity index is 1190. The summed E-state index contributed by atoms with van der Waals surface area (Å²) in [7, 11) is 0. The minimum atomic E-state index is -0.202. The lowest BCUT2D eigenvalue weighted by Gasteiger charge is -2.28. The minimum Gasteiger partial charge on any atom is -0.507 e. The Hall–Kier alpha value is -3.21. The number of fused-ring (bicyclic) bond motifs is 1. The first-order valence-corrected chi connectivity index (χ1v) is 10.6. The van der Waals surface area contributed by atoms with E-state index in [1.54, 1.807) is 12.4 Å². The molecule has 160 valence electrons. The maximum atomic E-state index is 11.1. The van der Waals surface area contributed by atoms with Crippen LogP contribution in [-0.2, 0) is 17.4 Å². The highest BCUT2D eigenvalue weighted by Crippen LogP contribution is 2.42. The van der Waals surface area contributed by atoms with Gasteiger partial charge in [-0.25, -0.2) is 9.67 Å². The van der Waals surface area contributed by atoms with Crippen LogP contribution in [-0.4, -0.2) is 24.9 Å². The molecule has 1 aromatic carbocycles. The highest BCUT2D eigenvalue weighted by molar-refractivity contribution is 5.91.